The SMILES string of the molecule is c1ccc(N(c2ccc3ccc4cccc5ccc2c3c45)c2ccc3ccc4cccc5ccc2c3c45)cc1. The standard InChI is InChI=1S/C38H23N/c1-2-10-30(11-3-1)39(33-22-18-28-14-12-24-6-4-8-26-16-20-31(33)37(28)35(24)26)34-23-19-29-15-13-25-7-5-9-27-17-21-32(34)38(29)36(25)27/h1-23H. The number of para-hydroxylation sites is 1. The molecule has 0 amide bonds. The molecule has 1 nitrogen and oxygen atoms in total. The normalized spacial score (nSPS) is 12.1. The smallest absolute Gasteiger partial charge is 0.0540 e. The Balaban J connectivity index is 1.42. The summed E-state index contributed by atoms with van der Waals surface area (Å²) in [5, 5.41) is 15.6. The number of benzene rings is 9. The Morgan fingerprint density at radius 1 is 0.282 bits per heavy atom. The van der Waals surface area contributed by atoms with Gasteiger partial charge in [-0.15, -0.1) is 0 Å². The molecule has 0 aliphatic rings. The van der Waals surface area contributed by atoms with E-state index in [2.05, 4.69) is 144 Å². The van der Waals surface area contributed by atoms with Crippen LogP contribution >= 0.6 is 0 Å². The molecule has 0 aliphatic heterocycles. The first kappa shape index (κ1) is 20.9. The molecule has 9 rings (SSSR count). The highest BCUT2D eigenvalue weighted by atomic mass is 15.1. The van der Waals surface area contributed by atoms with Gasteiger partial charge in [0.15, 0.2) is 0 Å². The summed E-state index contributed by atoms with van der Waals surface area (Å²) >= 11 is 0. The molecule has 0 bridgehead atoms. The monoisotopic (exact) mass is 493 g/mol. The molecule has 0 aromatic heterocycles. The lowest BCUT2D eigenvalue weighted by molar-refractivity contribution is 1.32. The first-order valence-electron chi connectivity index (χ1n) is 13.5. The number of anilines is 3. The third kappa shape index (κ3) is 2.85. The molecule has 0 saturated carbocycles. The van der Waals surface area contributed by atoms with E-state index in [1.807, 2.05) is 0 Å². The predicted octanol–water partition coefficient (Wildman–Crippen LogP) is 11.0. The van der Waals surface area contributed by atoms with E-state index in [9.17, 15) is 0 Å². The lowest BCUT2D eigenvalue weighted by atomic mass is 9.91. The fourth-order valence-electron chi connectivity index (χ4n) is 6.81. The third-order valence-electron chi connectivity index (χ3n) is 8.51. The van der Waals surface area contributed by atoms with Crippen molar-refractivity contribution < 1.29 is 0 Å². The first-order chi connectivity index (χ1) is 19.3. The minimum atomic E-state index is 1.16. The van der Waals surface area contributed by atoms with Crippen LogP contribution in [0, 0.1) is 0 Å². The molecule has 0 heterocycles. The Labute approximate surface area is 225 Å². The summed E-state index contributed by atoms with van der Waals surface area (Å²) < 4.78 is 0. The lowest BCUT2D eigenvalue weighted by Crippen LogP contribution is -2.11. The van der Waals surface area contributed by atoms with Crippen LogP contribution in [0.25, 0.3) is 64.6 Å². The third-order valence-corrected chi connectivity index (χ3v) is 8.51. The van der Waals surface area contributed by atoms with Gasteiger partial charge < -0.3 is 4.90 Å². The maximum atomic E-state index is 2.46. The second-order valence-electron chi connectivity index (χ2n) is 10.6. The fraction of sp³-hybridized carbons (Fsp3) is 0. The molecular weight excluding hydrogens is 470 g/mol. The highest BCUT2D eigenvalue weighted by Crippen LogP contribution is 2.47. The van der Waals surface area contributed by atoms with E-state index in [0.29, 0.717) is 0 Å². The minimum absolute atomic E-state index is 1.16. The molecule has 0 N–H and O–H groups in total. The molecule has 180 valence electrons. The van der Waals surface area contributed by atoms with E-state index in [1.165, 1.54) is 76.0 Å². The summed E-state index contributed by atoms with van der Waals surface area (Å²) in [6.45, 7) is 0. The van der Waals surface area contributed by atoms with Gasteiger partial charge in [0.25, 0.3) is 0 Å². The van der Waals surface area contributed by atoms with Gasteiger partial charge in [-0.05, 0) is 78.1 Å². The van der Waals surface area contributed by atoms with Crippen molar-refractivity contribution in [2.24, 2.45) is 0 Å². The van der Waals surface area contributed by atoms with E-state index in [4.69, 9.17) is 0 Å². The Hall–Kier alpha value is -5.14. The lowest BCUT2D eigenvalue weighted by Gasteiger charge is -2.29. The van der Waals surface area contributed by atoms with Crippen LogP contribution in [0.3, 0.4) is 0 Å². The molecule has 0 spiro atoms. The van der Waals surface area contributed by atoms with Crippen LogP contribution in [0.2, 0.25) is 0 Å². The van der Waals surface area contributed by atoms with Crippen molar-refractivity contribution in [2.45, 2.75) is 0 Å². The maximum Gasteiger partial charge on any atom is 0.0540 e. The molecule has 0 atom stereocenters. The zero-order valence-corrected chi connectivity index (χ0v) is 21.2. The molecule has 9 aromatic rings. The van der Waals surface area contributed by atoms with Gasteiger partial charge in [0.2, 0.25) is 0 Å². The van der Waals surface area contributed by atoms with Crippen LogP contribution in [0.4, 0.5) is 17.1 Å². The molecule has 0 aliphatic carbocycles. The van der Waals surface area contributed by atoms with Crippen molar-refractivity contribution in [3.63, 3.8) is 0 Å². The molecule has 39 heavy (non-hydrogen) atoms. The van der Waals surface area contributed by atoms with Gasteiger partial charge in [0.1, 0.15) is 0 Å². The molecule has 0 unspecified atom stereocenters. The first-order valence-corrected chi connectivity index (χ1v) is 13.5. The van der Waals surface area contributed by atoms with Gasteiger partial charge >= 0.3 is 0 Å². The zero-order valence-electron chi connectivity index (χ0n) is 21.2. The number of hydrogen-bond acceptors (Lipinski definition) is 1. The van der Waals surface area contributed by atoms with Crippen molar-refractivity contribution >= 4 is 81.7 Å². The molecule has 0 saturated heterocycles. The van der Waals surface area contributed by atoms with Crippen LogP contribution in [-0.2, 0) is 0 Å². The number of hydrogen-bond donors (Lipinski definition) is 0. The summed E-state index contributed by atoms with van der Waals surface area (Å²) in [5.41, 5.74) is 3.55. The fourth-order valence-corrected chi connectivity index (χ4v) is 6.81. The minimum Gasteiger partial charge on any atom is -0.309 e. The second-order valence-corrected chi connectivity index (χ2v) is 10.6. The van der Waals surface area contributed by atoms with Crippen LogP contribution in [0.1, 0.15) is 0 Å². The molecule has 0 fully saturated rings. The van der Waals surface area contributed by atoms with Crippen LogP contribution in [-0.4, -0.2) is 0 Å². The summed E-state index contributed by atoms with van der Waals surface area (Å²) in [6, 6.07) is 51.4. The van der Waals surface area contributed by atoms with Crippen LogP contribution in [0.5, 0.6) is 0 Å². The molecule has 9 aromatic carbocycles. The van der Waals surface area contributed by atoms with E-state index in [0.717, 1.165) is 5.69 Å². The zero-order chi connectivity index (χ0) is 25.5. The van der Waals surface area contributed by atoms with Gasteiger partial charge in [0, 0.05) is 16.5 Å². The Bertz CT molecular complexity index is 2150. The number of rotatable bonds is 3. The average molecular weight is 494 g/mol. The molecule has 0 radical (unpaired) electrons. The molecular formula is C38H23N. The summed E-state index contributed by atoms with van der Waals surface area (Å²) in [4.78, 5) is 2.46. The van der Waals surface area contributed by atoms with E-state index in [1.54, 1.807) is 0 Å². The average Bonchev–Trinajstić information content (AvgIpc) is 3.00. The van der Waals surface area contributed by atoms with Crippen molar-refractivity contribution in [1.29, 1.82) is 0 Å². The second kappa shape index (κ2) is 7.69. The van der Waals surface area contributed by atoms with Gasteiger partial charge in [0.05, 0.1) is 11.4 Å². The summed E-state index contributed by atoms with van der Waals surface area (Å²) in [6.07, 6.45) is 0. The topological polar surface area (TPSA) is 3.24 Å². The van der Waals surface area contributed by atoms with Crippen molar-refractivity contribution in [1.82, 2.24) is 0 Å². The van der Waals surface area contributed by atoms with Crippen LogP contribution < -0.4 is 4.90 Å². The highest BCUT2D eigenvalue weighted by molar-refractivity contribution is 6.28. The van der Waals surface area contributed by atoms with Gasteiger partial charge in [-0.25, -0.2) is 0 Å². The Kier molecular flexibility index (Phi) is 4.11. The molecule has 1 heteroatoms. The van der Waals surface area contributed by atoms with E-state index in [-0.39, 0.29) is 0 Å². The summed E-state index contributed by atoms with van der Waals surface area (Å²) in [7, 11) is 0. The van der Waals surface area contributed by atoms with Gasteiger partial charge in [-0.2, -0.15) is 0 Å². The Morgan fingerprint density at radius 2 is 0.667 bits per heavy atom. The van der Waals surface area contributed by atoms with Gasteiger partial charge in [-0.1, -0.05) is 115 Å². The predicted molar refractivity (Wildman–Crippen MR) is 169 cm³/mol. The number of nitrogens with zero attached hydrogens (tertiary/aromatic N) is 1. The van der Waals surface area contributed by atoms with Crippen molar-refractivity contribution in [2.75, 3.05) is 4.90 Å². The highest BCUT2D eigenvalue weighted by Gasteiger charge is 2.21. The summed E-state index contributed by atoms with van der Waals surface area (Å²) in [5.74, 6) is 0. The maximum absolute atomic E-state index is 2.46. The largest absolute Gasteiger partial charge is 0.309 e. The van der Waals surface area contributed by atoms with E-state index >= 15 is 0 Å². The Morgan fingerprint density at radius 3 is 1.13 bits per heavy atom. The quantitative estimate of drug-likeness (QED) is 0.221. The van der Waals surface area contributed by atoms with E-state index < -0.39 is 0 Å². The van der Waals surface area contributed by atoms with Gasteiger partial charge in [-0.3, -0.25) is 0 Å². The van der Waals surface area contributed by atoms with Crippen molar-refractivity contribution in [3.8, 4) is 0 Å². The van der Waals surface area contributed by atoms with Crippen LogP contribution in [0.15, 0.2) is 140 Å². The van der Waals surface area contributed by atoms with Crippen molar-refractivity contribution in [3.05, 3.63) is 140 Å².